The Morgan fingerprint density at radius 1 is 0.939 bits per heavy atom. The number of nitrogens with two attached hydrogens (primary N) is 1. The predicted octanol–water partition coefficient (Wildman–Crippen LogP) is 3.81. The second-order valence-electron chi connectivity index (χ2n) is 8.63. The fourth-order valence-corrected chi connectivity index (χ4v) is 5.13. The molecule has 0 aromatic heterocycles. The summed E-state index contributed by atoms with van der Waals surface area (Å²) < 4.78 is 4.77. The number of esters is 1. The Morgan fingerprint density at radius 3 is 2.03 bits per heavy atom. The molecule has 5 nitrogen and oxygen atoms in total. The van der Waals surface area contributed by atoms with E-state index in [1.54, 1.807) is 12.1 Å². The second kappa shape index (κ2) is 10.0. The van der Waals surface area contributed by atoms with Gasteiger partial charge in [0.1, 0.15) is 5.41 Å². The van der Waals surface area contributed by atoms with E-state index in [-0.39, 0.29) is 17.8 Å². The first kappa shape index (κ1) is 22.7. The third-order valence-electron chi connectivity index (χ3n) is 6.82. The van der Waals surface area contributed by atoms with E-state index in [0.29, 0.717) is 5.56 Å². The van der Waals surface area contributed by atoms with Crippen molar-refractivity contribution in [3.8, 4) is 0 Å². The average molecular weight is 443 g/mol. The van der Waals surface area contributed by atoms with Crippen LogP contribution in [-0.2, 0) is 21.4 Å². The van der Waals surface area contributed by atoms with Gasteiger partial charge >= 0.3 is 5.97 Å². The summed E-state index contributed by atoms with van der Waals surface area (Å²) in [6.07, 6.45) is 1.77. The zero-order chi connectivity index (χ0) is 23.3. The molecule has 0 radical (unpaired) electrons. The van der Waals surface area contributed by atoms with Crippen LogP contribution in [-0.4, -0.2) is 43.5 Å². The molecule has 0 unspecified atom stereocenters. The van der Waals surface area contributed by atoms with E-state index in [1.807, 2.05) is 72.8 Å². The normalized spacial score (nSPS) is 16.5. The Hall–Kier alpha value is -3.44. The van der Waals surface area contributed by atoms with E-state index in [9.17, 15) is 9.59 Å². The molecule has 3 aromatic carbocycles. The van der Waals surface area contributed by atoms with Crippen LogP contribution < -0.4 is 5.73 Å². The molecule has 2 N–H and O–H groups in total. The van der Waals surface area contributed by atoms with Crippen LogP contribution in [0.1, 0.15) is 33.5 Å². The van der Waals surface area contributed by atoms with Crippen LogP contribution in [0.3, 0.4) is 0 Å². The molecule has 1 atom stereocenters. The van der Waals surface area contributed by atoms with Crippen molar-refractivity contribution >= 4 is 11.9 Å². The molecular formula is C28H30N2O3. The number of carbonyl (C=O) groups excluding carboxylic acids is 2. The molecule has 3 aromatic rings. The highest BCUT2D eigenvalue weighted by Crippen LogP contribution is 2.43. The molecule has 4 rings (SSSR count). The molecule has 0 saturated carbocycles. The van der Waals surface area contributed by atoms with Gasteiger partial charge in [0, 0.05) is 13.1 Å². The molecule has 0 spiro atoms. The Balaban J connectivity index is 1.53. The van der Waals surface area contributed by atoms with Crippen LogP contribution in [0.25, 0.3) is 0 Å². The predicted molar refractivity (Wildman–Crippen MR) is 129 cm³/mol. The van der Waals surface area contributed by atoms with Crippen molar-refractivity contribution in [3.05, 3.63) is 107 Å². The smallest absolute Gasteiger partial charge is 0.337 e. The Labute approximate surface area is 195 Å². The van der Waals surface area contributed by atoms with E-state index in [2.05, 4.69) is 4.90 Å². The molecule has 1 heterocycles. The van der Waals surface area contributed by atoms with E-state index in [4.69, 9.17) is 10.5 Å². The van der Waals surface area contributed by atoms with Crippen LogP contribution in [0.2, 0.25) is 0 Å². The van der Waals surface area contributed by atoms with Crippen molar-refractivity contribution in [1.82, 2.24) is 4.90 Å². The maximum atomic E-state index is 13.2. The molecule has 1 amide bonds. The molecule has 5 heteroatoms. The molecular weight excluding hydrogens is 412 g/mol. The van der Waals surface area contributed by atoms with Gasteiger partial charge in [-0.25, -0.2) is 4.79 Å². The first-order valence-electron chi connectivity index (χ1n) is 11.4. The summed E-state index contributed by atoms with van der Waals surface area (Å²) in [5, 5.41) is 0. The maximum Gasteiger partial charge on any atom is 0.337 e. The number of hydrogen-bond donors (Lipinski definition) is 1. The number of likely N-dealkylation sites (tertiary alicyclic amines) is 1. The van der Waals surface area contributed by atoms with Gasteiger partial charge in [-0.2, -0.15) is 0 Å². The van der Waals surface area contributed by atoms with Crippen molar-refractivity contribution in [2.24, 2.45) is 11.7 Å². The fourth-order valence-electron chi connectivity index (χ4n) is 5.13. The van der Waals surface area contributed by atoms with E-state index in [0.717, 1.165) is 43.6 Å². The number of nitrogens with zero attached hydrogens (tertiary/aromatic N) is 1. The minimum Gasteiger partial charge on any atom is -0.465 e. The Morgan fingerprint density at radius 2 is 1.52 bits per heavy atom. The summed E-state index contributed by atoms with van der Waals surface area (Å²) in [4.78, 5) is 27.2. The van der Waals surface area contributed by atoms with Gasteiger partial charge in [0.05, 0.1) is 12.7 Å². The highest BCUT2D eigenvalue weighted by Gasteiger charge is 2.49. The lowest BCUT2D eigenvalue weighted by Crippen LogP contribution is -2.49. The van der Waals surface area contributed by atoms with Crippen LogP contribution in [0.15, 0.2) is 84.9 Å². The number of benzene rings is 3. The molecule has 1 aliphatic rings. The minimum absolute atomic E-state index is 0.0847. The van der Waals surface area contributed by atoms with Crippen molar-refractivity contribution in [3.63, 3.8) is 0 Å². The lowest BCUT2D eigenvalue weighted by atomic mass is 9.64. The number of hydrogen-bond acceptors (Lipinski definition) is 4. The van der Waals surface area contributed by atoms with Gasteiger partial charge in [0.15, 0.2) is 0 Å². The maximum absolute atomic E-state index is 13.2. The van der Waals surface area contributed by atoms with Crippen molar-refractivity contribution in [1.29, 1.82) is 0 Å². The first-order valence-corrected chi connectivity index (χ1v) is 11.4. The monoisotopic (exact) mass is 442 g/mol. The van der Waals surface area contributed by atoms with Crippen LogP contribution in [0, 0.1) is 5.92 Å². The summed E-state index contributed by atoms with van der Waals surface area (Å²) in [6, 6.07) is 27.4. The molecule has 0 aliphatic carbocycles. The van der Waals surface area contributed by atoms with Crippen molar-refractivity contribution in [2.75, 3.05) is 26.7 Å². The van der Waals surface area contributed by atoms with Crippen molar-refractivity contribution < 1.29 is 14.3 Å². The third kappa shape index (κ3) is 4.55. The van der Waals surface area contributed by atoms with Gasteiger partial charge in [-0.3, -0.25) is 4.79 Å². The van der Waals surface area contributed by atoms with Gasteiger partial charge in [-0.1, -0.05) is 72.8 Å². The average Bonchev–Trinajstić information content (AvgIpc) is 3.33. The fraction of sp³-hybridized carbons (Fsp3) is 0.286. The topological polar surface area (TPSA) is 72.6 Å². The molecule has 1 fully saturated rings. The largest absolute Gasteiger partial charge is 0.465 e. The van der Waals surface area contributed by atoms with Crippen LogP contribution in [0.4, 0.5) is 0 Å². The standard InChI is InChI=1S/C28H30N2O3/c1-33-26(31)22-14-12-21(13-15-22)16-18-30-19-17-25(20-30)28(27(29)32,23-8-4-2-5-9-23)24-10-6-3-7-11-24/h2-15,25H,16-20H2,1H3,(H2,29,32)/t25-/m0/s1. The zero-order valence-corrected chi connectivity index (χ0v) is 18.9. The third-order valence-corrected chi connectivity index (χ3v) is 6.82. The lowest BCUT2D eigenvalue weighted by Gasteiger charge is -2.37. The summed E-state index contributed by atoms with van der Waals surface area (Å²) in [6.45, 7) is 2.60. The number of carbonyl (C=O) groups is 2. The molecule has 170 valence electrons. The van der Waals surface area contributed by atoms with E-state index in [1.165, 1.54) is 12.7 Å². The molecule has 1 saturated heterocycles. The van der Waals surface area contributed by atoms with Crippen LogP contribution >= 0.6 is 0 Å². The first-order chi connectivity index (χ1) is 16.1. The number of methoxy groups -OCH3 is 1. The van der Waals surface area contributed by atoms with E-state index < -0.39 is 5.41 Å². The number of ether oxygens (including phenoxy) is 1. The van der Waals surface area contributed by atoms with Crippen molar-refractivity contribution in [2.45, 2.75) is 18.3 Å². The molecule has 0 bridgehead atoms. The minimum atomic E-state index is -0.862. The summed E-state index contributed by atoms with van der Waals surface area (Å²) in [5.41, 5.74) is 8.94. The SMILES string of the molecule is COC(=O)c1ccc(CCN2CC[C@H](C(C(N)=O)(c3ccccc3)c3ccccc3)C2)cc1. The summed E-state index contributed by atoms with van der Waals surface area (Å²) in [7, 11) is 1.39. The highest BCUT2D eigenvalue weighted by molar-refractivity contribution is 5.91. The van der Waals surface area contributed by atoms with Gasteiger partial charge < -0.3 is 15.4 Å². The second-order valence-corrected chi connectivity index (χ2v) is 8.63. The summed E-state index contributed by atoms with van der Waals surface area (Å²) >= 11 is 0. The molecule has 33 heavy (non-hydrogen) atoms. The van der Waals surface area contributed by atoms with Gasteiger partial charge in [0.2, 0.25) is 5.91 Å². The lowest BCUT2D eigenvalue weighted by molar-refractivity contribution is -0.123. The van der Waals surface area contributed by atoms with E-state index >= 15 is 0 Å². The number of amides is 1. The van der Waals surface area contributed by atoms with Gasteiger partial charge in [0.25, 0.3) is 0 Å². The zero-order valence-electron chi connectivity index (χ0n) is 18.9. The molecule has 1 aliphatic heterocycles. The number of primary amides is 1. The number of rotatable bonds is 8. The van der Waals surface area contributed by atoms with Crippen LogP contribution in [0.5, 0.6) is 0 Å². The highest BCUT2D eigenvalue weighted by atomic mass is 16.5. The van der Waals surface area contributed by atoms with Gasteiger partial charge in [-0.15, -0.1) is 0 Å². The Bertz CT molecular complexity index is 1040. The quantitative estimate of drug-likeness (QED) is 0.539. The summed E-state index contributed by atoms with van der Waals surface area (Å²) in [5.74, 6) is -0.541. The Kier molecular flexibility index (Phi) is 6.90. The van der Waals surface area contributed by atoms with Gasteiger partial charge in [-0.05, 0) is 54.1 Å².